The Labute approximate surface area is 115 Å². The van der Waals surface area contributed by atoms with Crippen LogP contribution in [0.25, 0.3) is 22.4 Å². The number of hydrogen-bond donors (Lipinski definition) is 2. The molecule has 0 atom stereocenters. The highest BCUT2D eigenvalue weighted by Gasteiger charge is 2.24. The van der Waals surface area contributed by atoms with Crippen LogP contribution in [0.3, 0.4) is 0 Å². The molecule has 0 aliphatic carbocycles. The quantitative estimate of drug-likeness (QED) is 0.709. The van der Waals surface area contributed by atoms with Gasteiger partial charge in [0.15, 0.2) is 0 Å². The number of benzene rings is 2. The summed E-state index contributed by atoms with van der Waals surface area (Å²) in [6.07, 6.45) is 0. The van der Waals surface area contributed by atoms with Crippen molar-refractivity contribution in [3.63, 3.8) is 0 Å². The van der Waals surface area contributed by atoms with Crippen molar-refractivity contribution in [3.8, 4) is 11.4 Å². The van der Waals surface area contributed by atoms with Crippen LogP contribution >= 0.6 is 0 Å². The molecule has 0 radical (unpaired) electrons. The van der Waals surface area contributed by atoms with Gasteiger partial charge in [-0.15, -0.1) is 0 Å². The fraction of sp³-hybridized carbons (Fsp3) is 0.125. The molecule has 2 heterocycles. The van der Waals surface area contributed by atoms with E-state index in [-0.39, 0.29) is 5.91 Å². The van der Waals surface area contributed by atoms with Gasteiger partial charge >= 0.3 is 0 Å². The molecule has 0 bridgehead atoms. The van der Waals surface area contributed by atoms with E-state index in [1.54, 1.807) is 0 Å². The number of H-pyrrole nitrogens is 1. The Balaban J connectivity index is 1.96. The Bertz CT molecular complexity index is 848. The summed E-state index contributed by atoms with van der Waals surface area (Å²) >= 11 is 0. The molecule has 3 aromatic rings. The lowest BCUT2D eigenvalue weighted by molar-refractivity contribution is 0.0966. The highest BCUT2D eigenvalue weighted by atomic mass is 16.1. The first kappa shape index (κ1) is 11.2. The van der Waals surface area contributed by atoms with Crippen LogP contribution in [0.5, 0.6) is 0 Å². The second kappa shape index (κ2) is 3.93. The molecule has 20 heavy (non-hydrogen) atoms. The van der Waals surface area contributed by atoms with Crippen molar-refractivity contribution < 1.29 is 4.79 Å². The lowest BCUT2D eigenvalue weighted by Gasteiger charge is -2.02. The molecule has 1 amide bonds. The van der Waals surface area contributed by atoms with Crippen molar-refractivity contribution >= 4 is 16.9 Å². The van der Waals surface area contributed by atoms with E-state index in [2.05, 4.69) is 21.4 Å². The molecule has 4 heteroatoms. The topological polar surface area (TPSA) is 57.8 Å². The molecule has 0 fully saturated rings. The molecule has 0 saturated heterocycles. The van der Waals surface area contributed by atoms with Gasteiger partial charge in [-0.3, -0.25) is 4.79 Å². The van der Waals surface area contributed by atoms with E-state index < -0.39 is 0 Å². The van der Waals surface area contributed by atoms with Crippen LogP contribution in [0.4, 0.5) is 0 Å². The molecule has 2 aromatic carbocycles. The Kier molecular flexibility index (Phi) is 2.21. The van der Waals surface area contributed by atoms with E-state index in [0.29, 0.717) is 6.54 Å². The maximum absolute atomic E-state index is 12.0. The number of carbonyl (C=O) groups is 1. The summed E-state index contributed by atoms with van der Waals surface area (Å²) in [6, 6.07) is 12.0. The number of amides is 1. The van der Waals surface area contributed by atoms with E-state index in [1.165, 1.54) is 5.56 Å². The van der Waals surface area contributed by atoms with Gasteiger partial charge < -0.3 is 10.3 Å². The summed E-state index contributed by atoms with van der Waals surface area (Å²) < 4.78 is 0. The van der Waals surface area contributed by atoms with Crippen LogP contribution < -0.4 is 5.32 Å². The van der Waals surface area contributed by atoms with Gasteiger partial charge in [0.25, 0.3) is 5.91 Å². The number of carbonyl (C=O) groups excluding carboxylic acids is 1. The summed E-state index contributed by atoms with van der Waals surface area (Å²) in [6.45, 7) is 2.65. The van der Waals surface area contributed by atoms with E-state index in [4.69, 9.17) is 0 Å². The zero-order valence-electron chi connectivity index (χ0n) is 11.0. The predicted molar refractivity (Wildman–Crippen MR) is 77.4 cm³/mol. The normalized spacial score (nSPS) is 13.6. The van der Waals surface area contributed by atoms with Gasteiger partial charge in [0.1, 0.15) is 5.82 Å². The highest BCUT2D eigenvalue weighted by Crippen LogP contribution is 2.29. The molecule has 0 unspecified atom stereocenters. The number of fused-ring (bicyclic) bond motifs is 2. The molecular weight excluding hydrogens is 250 g/mol. The molecular formula is C16H13N3O. The van der Waals surface area contributed by atoms with Gasteiger partial charge in [-0.1, -0.05) is 24.3 Å². The molecule has 1 aliphatic heterocycles. The van der Waals surface area contributed by atoms with Crippen molar-refractivity contribution in [1.29, 1.82) is 0 Å². The van der Waals surface area contributed by atoms with Crippen LogP contribution in [0.2, 0.25) is 0 Å². The number of aromatic amines is 1. The first-order valence-electron chi connectivity index (χ1n) is 6.59. The third kappa shape index (κ3) is 1.54. The molecule has 0 saturated carbocycles. The maximum atomic E-state index is 12.0. The van der Waals surface area contributed by atoms with Crippen LogP contribution in [0.1, 0.15) is 21.5 Å². The Morgan fingerprint density at radius 3 is 3.00 bits per heavy atom. The van der Waals surface area contributed by atoms with E-state index in [0.717, 1.165) is 33.5 Å². The SMILES string of the molecule is Cc1ccc2nc(-c3cccc4c3C(=O)NC4)[nH]c2c1. The Morgan fingerprint density at radius 1 is 1.20 bits per heavy atom. The highest BCUT2D eigenvalue weighted by molar-refractivity contribution is 6.04. The molecule has 0 spiro atoms. The lowest BCUT2D eigenvalue weighted by Crippen LogP contribution is -2.13. The average Bonchev–Trinajstić information content (AvgIpc) is 3.02. The minimum absolute atomic E-state index is 0.0211. The third-order valence-corrected chi connectivity index (χ3v) is 3.71. The summed E-state index contributed by atoms with van der Waals surface area (Å²) in [5.41, 5.74) is 5.74. The maximum Gasteiger partial charge on any atom is 0.252 e. The van der Waals surface area contributed by atoms with Gasteiger partial charge in [0.05, 0.1) is 16.6 Å². The summed E-state index contributed by atoms with van der Waals surface area (Å²) in [7, 11) is 0. The van der Waals surface area contributed by atoms with Crippen LogP contribution in [-0.4, -0.2) is 15.9 Å². The number of nitrogens with one attached hydrogen (secondary N) is 2. The number of imidazole rings is 1. The first-order valence-corrected chi connectivity index (χ1v) is 6.59. The van der Waals surface area contributed by atoms with E-state index >= 15 is 0 Å². The van der Waals surface area contributed by atoms with Gasteiger partial charge in [-0.25, -0.2) is 4.98 Å². The molecule has 98 valence electrons. The summed E-state index contributed by atoms with van der Waals surface area (Å²) in [4.78, 5) is 19.9. The fourth-order valence-electron chi connectivity index (χ4n) is 2.73. The monoisotopic (exact) mass is 263 g/mol. The molecule has 2 N–H and O–H groups in total. The predicted octanol–water partition coefficient (Wildman–Crippen LogP) is 2.78. The Morgan fingerprint density at radius 2 is 2.10 bits per heavy atom. The van der Waals surface area contributed by atoms with E-state index in [9.17, 15) is 4.79 Å². The summed E-state index contributed by atoms with van der Waals surface area (Å²) in [5.74, 6) is 0.728. The Hall–Kier alpha value is -2.62. The second-order valence-electron chi connectivity index (χ2n) is 5.13. The number of hydrogen-bond acceptors (Lipinski definition) is 2. The molecule has 4 rings (SSSR count). The third-order valence-electron chi connectivity index (χ3n) is 3.71. The number of aryl methyl sites for hydroxylation is 1. The smallest absolute Gasteiger partial charge is 0.252 e. The van der Waals surface area contributed by atoms with Crippen LogP contribution in [0.15, 0.2) is 36.4 Å². The van der Waals surface area contributed by atoms with Crippen molar-refractivity contribution in [2.45, 2.75) is 13.5 Å². The van der Waals surface area contributed by atoms with Crippen LogP contribution in [0, 0.1) is 6.92 Å². The van der Waals surface area contributed by atoms with Gasteiger partial charge in [-0.05, 0) is 30.2 Å². The first-order chi connectivity index (χ1) is 9.72. The largest absolute Gasteiger partial charge is 0.348 e. The van der Waals surface area contributed by atoms with E-state index in [1.807, 2.05) is 37.3 Å². The molecule has 4 nitrogen and oxygen atoms in total. The number of aromatic nitrogens is 2. The number of rotatable bonds is 1. The van der Waals surface area contributed by atoms with Gasteiger partial charge in [-0.2, -0.15) is 0 Å². The molecule has 1 aliphatic rings. The number of nitrogens with zero attached hydrogens (tertiary/aromatic N) is 1. The standard InChI is InChI=1S/C16H13N3O/c1-9-5-6-12-13(7-9)19-15(18-12)11-4-2-3-10-8-17-16(20)14(10)11/h2-7H,8H2,1H3,(H,17,20)(H,18,19). The van der Waals surface area contributed by atoms with Crippen LogP contribution in [-0.2, 0) is 6.54 Å². The van der Waals surface area contributed by atoms with Crippen molar-refractivity contribution in [2.24, 2.45) is 0 Å². The summed E-state index contributed by atoms with van der Waals surface area (Å²) in [5, 5.41) is 2.86. The zero-order chi connectivity index (χ0) is 13.7. The minimum Gasteiger partial charge on any atom is -0.348 e. The lowest BCUT2D eigenvalue weighted by atomic mass is 10.0. The molecule has 1 aromatic heterocycles. The van der Waals surface area contributed by atoms with Crippen molar-refractivity contribution in [1.82, 2.24) is 15.3 Å². The van der Waals surface area contributed by atoms with Gasteiger partial charge in [0.2, 0.25) is 0 Å². The fourth-order valence-corrected chi connectivity index (χ4v) is 2.73. The zero-order valence-corrected chi connectivity index (χ0v) is 11.0. The second-order valence-corrected chi connectivity index (χ2v) is 5.13. The van der Waals surface area contributed by atoms with Crippen molar-refractivity contribution in [3.05, 3.63) is 53.1 Å². The average molecular weight is 263 g/mol. The van der Waals surface area contributed by atoms with Crippen molar-refractivity contribution in [2.75, 3.05) is 0 Å². The van der Waals surface area contributed by atoms with Gasteiger partial charge in [0, 0.05) is 12.1 Å². The minimum atomic E-state index is -0.0211.